The number of hydrogen-bond acceptors (Lipinski definition) is 2. The fourth-order valence-electron chi connectivity index (χ4n) is 1.99. The van der Waals surface area contributed by atoms with E-state index < -0.39 is 0 Å². The third-order valence-corrected chi connectivity index (χ3v) is 2.66. The fraction of sp³-hybridized carbons (Fsp3) is 0.700. The number of aromatic nitrogens is 1. The van der Waals surface area contributed by atoms with Gasteiger partial charge in [0.05, 0.1) is 5.69 Å². The highest BCUT2D eigenvalue weighted by molar-refractivity contribution is 4.92. The molecule has 1 aliphatic rings. The van der Waals surface area contributed by atoms with Gasteiger partial charge in [-0.15, -0.1) is 0 Å². The van der Waals surface area contributed by atoms with Crippen molar-refractivity contribution in [2.24, 2.45) is 5.92 Å². The van der Waals surface area contributed by atoms with Gasteiger partial charge in [0.1, 0.15) is 6.26 Å². The molecule has 1 aromatic rings. The highest BCUT2D eigenvalue weighted by Crippen LogP contribution is 2.26. The molecule has 1 radical (unpaired) electrons. The Kier molecular flexibility index (Phi) is 2.45. The van der Waals surface area contributed by atoms with Gasteiger partial charge in [0.25, 0.3) is 6.39 Å². The highest BCUT2D eigenvalue weighted by Gasteiger charge is 2.14. The van der Waals surface area contributed by atoms with Gasteiger partial charge in [0, 0.05) is 0 Å². The molecular weight excluding hydrogens is 150 g/mol. The van der Waals surface area contributed by atoms with E-state index in [1.165, 1.54) is 32.1 Å². The van der Waals surface area contributed by atoms with E-state index >= 15 is 0 Å². The van der Waals surface area contributed by atoms with Crippen molar-refractivity contribution in [3.05, 3.63) is 18.4 Å². The normalized spacial score (nSPS) is 19.7. The molecule has 0 spiro atoms. The third kappa shape index (κ3) is 1.87. The van der Waals surface area contributed by atoms with Gasteiger partial charge in [-0.1, -0.05) is 32.1 Å². The molecule has 1 heterocycles. The number of rotatable bonds is 2. The van der Waals surface area contributed by atoms with Crippen LogP contribution in [-0.2, 0) is 6.42 Å². The van der Waals surface area contributed by atoms with E-state index in [0.717, 1.165) is 18.0 Å². The van der Waals surface area contributed by atoms with Crippen molar-refractivity contribution in [3.8, 4) is 0 Å². The van der Waals surface area contributed by atoms with Gasteiger partial charge in [-0.2, -0.15) is 0 Å². The molecule has 65 valence electrons. The Balaban J connectivity index is 1.86. The Morgan fingerprint density at radius 1 is 1.42 bits per heavy atom. The molecule has 12 heavy (non-hydrogen) atoms. The fourth-order valence-corrected chi connectivity index (χ4v) is 1.99. The molecular formula is C10H14NO. The minimum Gasteiger partial charge on any atom is -0.441 e. The van der Waals surface area contributed by atoms with Gasteiger partial charge >= 0.3 is 0 Å². The van der Waals surface area contributed by atoms with Crippen molar-refractivity contribution in [3.63, 3.8) is 0 Å². The van der Waals surface area contributed by atoms with E-state index in [1.54, 1.807) is 6.26 Å². The number of hydrogen-bond donors (Lipinski definition) is 0. The molecule has 2 heteroatoms. The van der Waals surface area contributed by atoms with Crippen LogP contribution in [0.5, 0.6) is 0 Å². The molecule has 0 aromatic carbocycles. The van der Waals surface area contributed by atoms with Crippen LogP contribution >= 0.6 is 0 Å². The van der Waals surface area contributed by atoms with Gasteiger partial charge in [0.15, 0.2) is 0 Å². The summed E-state index contributed by atoms with van der Waals surface area (Å²) in [6.45, 7) is 0. The van der Waals surface area contributed by atoms with Gasteiger partial charge in [0.2, 0.25) is 0 Å². The molecule has 0 atom stereocenters. The van der Waals surface area contributed by atoms with E-state index in [0.29, 0.717) is 0 Å². The lowest BCUT2D eigenvalue weighted by Gasteiger charge is -2.19. The van der Waals surface area contributed by atoms with Gasteiger partial charge < -0.3 is 4.42 Å². The summed E-state index contributed by atoms with van der Waals surface area (Å²) in [5, 5.41) is 0. The number of oxazole rings is 1. The molecule has 0 aliphatic heterocycles. The van der Waals surface area contributed by atoms with Crippen LogP contribution < -0.4 is 0 Å². The van der Waals surface area contributed by atoms with E-state index in [-0.39, 0.29) is 0 Å². The van der Waals surface area contributed by atoms with E-state index in [1.807, 2.05) is 0 Å². The van der Waals surface area contributed by atoms with Crippen LogP contribution in [0.3, 0.4) is 0 Å². The lowest BCUT2D eigenvalue weighted by atomic mass is 9.86. The molecule has 1 aromatic heterocycles. The van der Waals surface area contributed by atoms with E-state index in [2.05, 4.69) is 11.4 Å². The lowest BCUT2D eigenvalue weighted by Crippen LogP contribution is -2.09. The van der Waals surface area contributed by atoms with Crippen LogP contribution in [0.4, 0.5) is 0 Å². The second-order valence-electron chi connectivity index (χ2n) is 3.64. The maximum atomic E-state index is 4.82. The van der Waals surface area contributed by atoms with Crippen molar-refractivity contribution in [1.82, 2.24) is 4.98 Å². The zero-order chi connectivity index (χ0) is 8.23. The quantitative estimate of drug-likeness (QED) is 0.671. The molecule has 0 saturated heterocycles. The zero-order valence-electron chi connectivity index (χ0n) is 7.25. The molecule has 0 amide bonds. The Hall–Kier alpha value is -0.790. The van der Waals surface area contributed by atoms with Gasteiger partial charge in [-0.05, 0) is 12.3 Å². The van der Waals surface area contributed by atoms with Crippen LogP contribution in [0.2, 0.25) is 0 Å². The monoisotopic (exact) mass is 164 g/mol. The van der Waals surface area contributed by atoms with Crippen molar-refractivity contribution < 1.29 is 4.42 Å². The van der Waals surface area contributed by atoms with Crippen molar-refractivity contribution in [2.75, 3.05) is 0 Å². The topological polar surface area (TPSA) is 26.0 Å². The Labute approximate surface area is 73.0 Å². The maximum absolute atomic E-state index is 4.82. The second-order valence-corrected chi connectivity index (χ2v) is 3.64. The van der Waals surface area contributed by atoms with Crippen LogP contribution in [-0.4, -0.2) is 4.98 Å². The summed E-state index contributed by atoms with van der Waals surface area (Å²) >= 11 is 0. The summed E-state index contributed by atoms with van der Waals surface area (Å²) in [7, 11) is 0. The molecule has 2 rings (SSSR count). The maximum Gasteiger partial charge on any atom is 0.283 e. The first-order valence-electron chi connectivity index (χ1n) is 4.75. The first kappa shape index (κ1) is 7.84. The largest absolute Gasteiger partial charge is 0.441 e. The molecule has 0 N–H and O–H groups in total. The first-order valence-corrected chi connectivity index (χ1v) is 4.75. The van der Waals surface area contributed by atoms with Crippen LogP contribution in [0.25, 0.3) is 0 Å². The predicted molar refractivity (Wildman–Crippen MR) is 45.6 cm³/mol. The Morgan fingerprint density at radius 3 is 2.92 bits per heavy atom. The Morgan fingerprint density at radius 2 is 2.25 bits per heavy atom. The number of nitrogens with zero attached hydrogens (tertiary/aromatic N) is 1. The zero-order valence-corrected chi connectivity index (χ0v) is 7.25. The molecule has 1 aliphatic carbocycles. The van der Waals surface area contributed by atoms with Gasteiger partial charge in [-0.3, -0.25) is 0 Å². The molecule has 1 saturated carbocycles. The summed E-state index contributed by atoms with van der Waals surface area (Å²) in [6.07, 6.45) is 12.2. The van der Waals surface area contributed by atoms with E-state index in [4.69, 9.17) is 4.42 Å². The predicted octanol–water partition coefficient (Wildman–Crippen LogP) is 2.60. The average Bonchev–Trinajstić information content (AvgIpc) is 2.59. The SMILES string of the molecule is [c]1nc(CC2CCCCC2)co1. The molecule has 1 fully saturated rings. The second kappa shape index (κ2) is 3.74. The first-order chi connectivity index (χ1) is 5.95. The van der Waals surface area contributed by atoms with Gasteiger partial charge in [-0.25, -0.2) is 4.98 Å². The summed E-state index contributed by atoms with van der Waals surface area (Å²) in [5.41, 5.74) is 1.07. The van der Waals surface area contributed by atoms with Crippen molar-refractivity contribution in [2.45, 2.75) is 38.5 Å². The van der Waals surface area contributed by atoms with Crippen LogP contribution in [0.1, 0.15) is 37.8 Å². The van der Waals surface area contributed by atoms with E-state index in [9.17, 15) is 0 Å². The smallest absolute Gasteiger partial charge is 0.283 e. The highest BCUT2D eigenvalue weighted by atomic mass is 16.3. The Bertz CT molecular complexity index is 212. The summed E-state index contributed by atoms with van der Waals surface area (Å²) in [5.74, 6) is 0.845. The van der Waals surface area contributed by atoms with Crippen molar-refractivity contribution in [1.29, 1.82) is 0 Å². The lowest BCUT2D eigenvalue weighted by molar-refractivity contribution is 0.354. The standard InChI is InChI=1S/C10H14NO/c1-2-4-9(5-3-1)6-10-7-12-8-11-10/h7,9H,1-6H2. The van der Waals surface area contributed by atoms with Crippen LogP contribution in [0.15, 0.2) is 10.7 Å². The molecule has 0 bridgehead atoms. The summed E-state index contributed by atoms with van der Waals surface area (Å²) < 4.78 is 4.82. The summed E-state index contributed by atoms with van der Waals surface area (Å²) in [6, 6.07) is 0. The summed E-state index contributed by atoms with van der Waals surface area (Å²) in [4.78, 5) is 4.02. The minimum absolute atomic E-state index is 0.845. The molecule has 2 nitrogen and oxygen atoms in total. The average molecular weight is 164 g/mol. The van der Waals surface area contributed by atoms with Crippen LogP contribution in [0, 0.1) is 12.3 Å². The third-order valence-electron chi connectivity index (χ3n) is 2.66. The minimum atomic E-state index is 0.845. The van der Waals surface area contributed by atoms with Crippen molar-refractivity contribution >= 4 is 0 Å². The molecule has 0 unspecified atom stereocenters.